The summed E-state index contributed by atoms with van der Waals surface area (Å²) in [6.07, 6.45) is 0.724. The third-order valence-electron chi connectivity index (χ3n) is 5.33. The Kier molecular flexibility index (Phi) is 7.45. The first-order valence-corrected chi connectivity index (χ1v) is 10.8. The first kappa shape index (κ1) is 24.1. The molecule has 0 spiro atoms. The lowest BCUT2D eigenvalue weighted by atomic mass is 9.95. The normalized spacial score (nSPS) is 20.4. The van der Waals surface area contributed by atoms with Gasteiger partial charge >= 0.3 is 6.18 Å². The molecule has 172 valence electrons. The van der Waals surface area contributed by atoms with Gasteiger partial charge in [-0.05, 0) is 58.6 Å². The Morgan fingerprint density at radius 2 is 1.84 bits per heavy atom. The summed E-state index contributed by atoms with van der Waals surface area (Å²) in [7, 11) is 0. The average Bonchev–Trinajstić information content (AvgIpc) is 3.06. The molecule has 10 heteroatoms. The molecule has 1 atom stereocenters. The monoisotopic (exact) mass is 513 g/mol. The van der Waals surface area contributed by atoms with Crippen LogP contribution in [0.25, 0.3) is 5.57 Å². The summed E-state index contributed by atoms with van der Waals surface area (Å²) in [5.74, 6) is -0.981. The molecule has 0 saturated carbocycles. The molecule has 0 radical (unpaired) electrons. The average molecular weight is 514 g/mol. The molecule has 32 heavy (non-hydrogen) atoms. The number of allylic oxidation sites excluding steroid dienone is 3. The van der Waals surface area contributed by atoms with Crippen molar-refractivity contribution >= 4 is 33.3 Å². The SMILES string of the molecule is CC1C(c2ccc(C(=O)N3CCCOCC3)cc2)=CC=CN1C(=O)/C(Br)=C(\N)C(F)(F)F. The van der Waals surface area contributed by atoms with E-state index >= 15 is 0 Å². The molecule has 2 N–H and O–H groups in total. The summed E-state index contributed by atoms with van der Waals surface area (Å²) in [5, 5.41) is 0. The molecule has 1 fully saturated rings. The molecule has 2 aliphatic rings. The third kappa shape index (κ3) is 5.24. The molecule has 1 saturated heterocycles. The molecule has 0 aliphatic carbocycles. The fourth-order valence-electron chi connectivity index (χ4n) is 3.53. The molecule has 0 bridgehead atoms. The molecular weight excluding hydrogens is 491 g/mol. The summed E-state index contributed by atoms with van der Waals surface area (Å²) >= 11 is 2.69. The largest absolute Gasteiger partial charge is 0.432 e. The van der Waals surface area contributed by atoms with Crippen molar-refractivity contribution in [2.75, 3.05) is 26.3 Å². The number of hydrogen-bond donors (Lipinski definition) is 1. The summed E-state index contributed by atoms with van der Waals surface area (Å²) < 4.78 is 43.3. The van der Waals surface area contributed by atoms with Gasteiger partial charge in [-0.2, -0.15) is 13.2 Å². The van der Waals surface area contributed by atoms with Gasteiger partial charge in [-0.3, -0.25) is 9.59 Å². The van der Waals surface area contributed by atoms with E-state index in [1.165, 1.54) is 11.1 Å². The van der Waals surface area contributed by atoms with Crippen molar-refractivity contribution in [1.29, 1.82) is 0 Å². The molecule has 6 nitrogen and oxygen atoms in total. The van der Waals surface area contributed by atoms with E-state index in [9.17, 15) is 22.8 Å². The van der Waals surface area contributed by atoms with Gasteiger partial charge in [-0.25, -0.2) is 0 Å². The number of nitrogens with zero attached hydrogens (tertiary/aromatic N) is 2. The number of alkyl halides is 3. The minimum atomic E-state index is -4.82. The Bertz CT molecular complexity index is 963. The number of rotatable bonds is 3. The van der Waals surface area contributed by atoms with Gasteiger partial charge in [0.05, 0.1) is 12.6 Å². The molecule has 2 heterocycles. The molecule has 1 aromatic rings. The van der Waals surface area contributed by atoms with E-state index in [4.69, 9.17) is 10.5 Å². The second kappa shape index (κ2) is 9.91. The van der Waals surface area contributed by atoms with Crippen molar-refractivity contribution in [2.45, 2.75) is 25.6 Å². The Hall–Kier alpha value is -2.59. The van der Waals surface area contributed by atoms with Gasteiger partial charge in [0.15, 0.2) is 0 Å². The fourth-order valence-corrected chi connectivity index (χ4v) is 3.96. The lowest BCUT2D eigenvalue weighted by Gasteiger charge is -2.31. The van der Waals surface area contributed by atoms with Crippen LogP contribution < -0.4 is 5.73 Å². The zero-order valence-corrected chi connectivity index (χ0v) is 18.9. The minimum Gasteiger partial charge on any atom is -0.394 e. The number of carbonyl (C=O) groups excluding carboxylic acids is 2. The maximum absolute atomic E-state index is 12.9. The van der Waals surface area contributed by atoms with Crippen LogP contribution in [0.4, 0.5) is 13.2 Å². The van der Waals surface area contributed by atoms with Gasteiger partial charge in [0.2, 0.25) is 0 Å². The summed E-state index contributed by atoms with van der Waals surface area (Å²) in [6.45, 7) is 4.01. The Morgan fingerprint density at radius 1 is 1.16 bits per heavy atom. The predicted octanol–water partition coefficient (Wildman–Crippen LogP) is 3.80. The van der Waals surface area contributed by atoms with E-state index < -0.39 is 28.3 Å². The standard InChI is InChI=1S/C22H23BrF3N3O3/c1-14-17(4-2-10-29(14)21(31)18(23)19(27)22(24,25)26)15-5-7-16(8-6-15)20(30)28-9-3-12-32-13-11-28/h2,4-8,10,14H,3,9,11-13,27H2,1H3/b19-18+. The zero-order valence-electron chi connectivity index (χ0n) is 17.4. The number of carbonyl (C=O) groups is 2. The van der Waals surface area contributed by atoms with Gasteiger partial charge in [-0.15, -0.1) is 0 Å². The highest BCUT2D eigenvalue weighted by Gasteiger charge is 2.37. The maximum atomic E-state index is 12.9. The van der Waals surface area contributed by atoms with Crippen molar-refractivity contribution in [1.82, 2.24) is 9.80 Å². The van der Waals surface area contributed by atoms with E-state index in [1.54, 1.807) is 48.2 Å². The van der Waals surface area contributed by atoms with Gasteiger partial charge < -0.3 is 20.3 Å². The van der Waals surface area contributed by atoms with Crippen LogP contribution in [0.5, 0.6) is 0 Å². The van der Waals surface area contributed by atoms with Crippen LogP contribution in [0.1, 0.15) is 29.3 Å². The number of benzene rings is 1. The van der Waals surface area contributed by atoms with E-state index in [0.29, 0.717) is 37.4 Å². The van der Waals surface area contributed by atoms with Gasteiger partial charge in [0.1, 0.15) is 10.2 Å². The van der Waals surface area contributed by atoms with Crippen molar-refractivity contribution in [3.63, 3.8) is 0 Å². The molecular formula is C22H23BrF3N3O3. The first-order valence-electron chi connectivity index (χ1n) is 10.0. The van der Waals surface area contributed by atoms with Crippen LogP contribution in [0, 0.1) is 0 Å². The fraction of sp³-hybridized carbons (Fsp3) is 0.364. The topological polar surface area (TPSA) is 75.9 Å². The van der Waals surface area contributed by atoms with Gasteiger partial charge in [0, 0.05) is 31.5 Å². The Labute approximate surface area is 192 Å². The van der Waals surface area contributed by atoms with Crippen LogP contribution >= 0.6 is 15.9 Å². The Balaban J connectivity index is 1.77. The van der Waals surface area contributed by atoms with Gasteiger partial charge in [0.25, 0.3) is 11.8 Å². The number of halogens is 4. The second-order valence-corrected chi connectivity index (χ2v) is 8.21. The summed E-state index contributed by atoms with van der Waals surface area (Å²) in [5.41, 5.74) is 5.60. The number of hydrogen-bond acceptors (Lipinski definition) is 4. The van der Waals surface area contributed by atoms with Crippen LogP contribution in [0.2, 0.25) is 0 Å². The second-order valence-electron chi connectivity index (χ2n) is 7.41. The summed E-state index contributed by atoms with van der Waals surface area (Å²) in [4.78, 5) is 28.3. The molecule has 0 aromatic heterocycles. The van der Waals surface area contributed by atoms with Crippen molar-refractivity contribution in [2.24, 2.45) is 5.73 Å². The lowest BCUT2D eigenvalue weighted by Crippen LogP contribution is -2.38. The van der Waals surface area contributed by atoms with Gasteiger partial charge in [-0.1, -0.05) is 18.2 Å². The van der Waals surface area contributed by atoms with Crippen LogP contribution in [0.15, 0.2) is 52.8 Å². The number of ether oxygens (including phenoxy) is 1. The highest BCUT2D eigenvalue weighted by atomic mass is 79.9. The van der Waals surface area contributed by atoms with E-state index in [0.717, 1.165) is 12.0 Å². The molecule has 2 amide bonds. The van der Waals surface area contributed by atoms with E-state index in [2.05, 4.69) is 15.9 Å². The molecule has 3 rings (SSSR count). The molecule has 1 unspecified atom stereocenters. The quantitative estimate of drug-likeness (QED) is 0.623. The smallest absolute Gasteiger partial charge is 0.394 e. The zero-order chi connectivity index (χ0) is 23.5. The number of amides is 2. The molecule has 1 aromatic carbocycles. The summed E-state index contributed by atoms with van der Waals surface area (Å²) in [6, 6.07) is 6.39. The lowest BCUT2D eigenvalue weighted by molar-refractivity contribution is -0.126. The highest BCUT2D eigenvalue weighted by molar-refractivity contribution is 9.12. The van der Waals surface area contributed by atoms with Crippen molar-refractivity contribution in [3.8, 4) is 0 Å². The highest BCUT2D eigenvalue weighted by Crippen LogP contribution is 2.32. The van der Waals surface area contributed by atoms with Crippen molar-refractivity contribution in [3.05, 3.63) is 63.9 Å². The predicted molar refractivity (Wildman–Crippen MR) is 117 cm³/mol. The number of nitrogens with two attached hydrogens (primary N) is 1. The van der Waals surface area contributed by atoms with E-state index in [1.807, 2.05) is 0 Å². The van der Waals surface area contributed by atoms with Crippen LogP contribution in [-0.4, -0.2) is 60.1 Å². The van der Waals surface area contributed by atoms with Crippen molar-refractivity contribution < 1.29 is 27.5 Å². The first-order chi connectivity index (χ1) is 15.1. The van der Waals surface area contributed by atoms with Crippen LogP contribution in [0.3, 0.4) is 0 Å². The Morgan fingerprint density at radius 3 is 2.50 bits per heavy atom. The minimum absolute atomic E-state index is 0.0823. The third-order valence-corrected chi connectivity index (χ3v) is 6.09. The van der Waals surface area contributed by atoms with Crippen LogP contribution in [-0.2, 0) is 9.53 Å². The molecule has 2 aliphatic heterocycles. The maximum Gasteiger partial charge on any atom is 0.432 e. The van der Waals surface area contributed by atoms with E-state index in [-0.39, 0.29) is 5.91 Å².